The van der Waals surface area contributed by atoms with Crippen LogP contribution in [-0.2, 0) is 11.3 Å². The van der Waals surface area contributed by atoms with E-state index in [1.165, 1.54) is 18.2 Å². The Morgan fingerprint density at radius 2 is 1.83 bits per heavy atom. The van der Waals surface area contributed by atoms with Crippen molar-refractivity contribution in [3.63, 3.8) is 0 Å². The number of hydrogen-bond acceptors (Lipinski definition) is 4. The predicted octanol–water partition coefficient (Wildman–Crippen LogP) is 2.98. The van der Waals surface area contributed by atoms with Crippen LogP contribution in [0.3, 0.4) is 0 Å². The fourth-order valence-electron chi connectivity index (χ4n) is 3.20. The van der Waals surface area contributed by atoms with Crippen molar-refractivity contribution in [2.24, 2.45) is 0 Å². The van der Waals surface area contributed by atoms with Gasteiger partial charge in [-0.1, -0.05) is 30.3 Å². The van der Waals surface area contributed by atoms with Crippen molar-refractivity contribution in [2.45, 2.75) is 20.4 Å². The van der Waals surface area contributed by atoms with Gasteiger partial charge in [0.2, 0.25) is 5.91 Å². The molecule has 0 atom stereocenters. The number of nitrogens with zero attached hydrogens (tertiary/aromatic N) is 4. The van der Waals surface area contributed by atoms with Crippen LogP contribution < -0.4 is 10.9 Å². The van der Waals surface area contributed by atoms with E-state index in [0.29, 0.717) is 16.6 Å². The molecule has 1 N–H and O–H groups in total. The SMILES string of the molecule is Cc1ccccc1-n1ncc2c(C)nn(CC(=O)Nc3ccccc3F)c(=O)c21. The lowest BCUT2D eigenvalue weighted by atomic mass is 10.2. The minimum Gasteiger partial charge on any atom is -0.322 e. The maximum atomic E-state index is 13.8. The Labute approximate surface area is 165 Å². The molecule has 0 bridgehead atoms. The van der Waals surface area contributed by atoms with E-state index >= 15 is 0 Å². The number of fused-ring (bicyclic) bond motifs is 1. The molecular formula is C21H18FN5O2. The number of benzene rings is 2. The Balaban J connectivity index is 1.75. The van der Waals surface area contributed by atoms with Gasteiger partial charge in [-0.3, -0.25) is 9.59 Å². The van der Waals surface area contributed by atoms with Crippen LogP contribution in [0.5, 0.6) is 0 Å². The summed E-state index contributed by atoms with van der Waals surface area (Å²) >= 11 is 0. The van der Waals surface area contributed by atoms with Crippen molar-refractivity contribution in [3.05, 3.63) is 82.2 Å². The van der Waals surface area contributed by atoms with Crippen LogP contribution in [-0.4, -0.2) is 25.5 Å². The zero-order valence-corrected chi connectivity index (χ0v) is 15.9. The molecule has 0 spiro atoms. The highest BCUT2D eigenvalue weighted by Gasteiger charge is 2.17. The third kappa shape index (κ3) is 3.40. The van der Waals surface area contributed by atoms with Crippen LogP contribution in [0, 0.1) is 19.7 Å². The third-order valence-corrected chi connectivity index (χ3v) is 4.65. The molecule has 0 radical (unpaired) electrons. The van der Waals surface area contributed by atoms with Gasteiger partial charge < -0.3 is 5.32 Å². The number of carbonyl (C=O) groups is 1. The summed E-state index contributed by atoms with van der Waals surface area (Å²) in [6, 6.07) is 13.4. The summed E-state index contributed by atoms with van der Waals surface area (Å²) in [5, 5.41) is 11.7. The molecule has 4 aromatic rings. The van der Waals surface area contributed by atoms with E-state index in [1.807, 2.05) is 31.2 Å². The summed E-state index contributed by atoms with van der Waals surface area (Å²) < 4.78 is 16.4. The lowest BCUT2D eigenvalue weighted by molar-refractivity contribution is -0.117. The second kappa shape index (κ2) is 7.31. The van der Waals surface area contributed by atoms with Crippen molar-refractivity contribution >= 4 is 22.5 Å². The van der Waals surface area contributed by atoms with Crippen LogP contribution in [0.2, 0.25) is 0 Å². The summed E-state index contributed by atoms with van der Waals surface area (Å²) in [7, 11) is 0. The standard InChI is InChI=1S/C21H18FN5O2/c1-13-7-3-6-10-18(13)27-20-15(11-23-27)14(2)25-26(21(20)29)12-19(28)24-17-9-5-4-8-16(17)22/h3-11H,12H2,1-2H3,(H,24,28). The highest BCUT2D eigenvalue weighted by atomic mass is 19.1. The van der Waals surface area contributed by atoms with Gasteiger partial charge in [0.1, 0.15) is 17.9 Å². The Bertz CT molecular complexity index is 1290. The van der Waals surface area contributed by atoms with E-state index in [0.717, 1.165) is 15.9 Å². The lowest BCUT2D eigenvalue weighted by Gasteiger charge is -2.10. The molecular weight excluding hydrogens is 373 g/mol. The van der Waals surface area contributed by atoms with Gasteiger partial charge in [0.05, 0.1) is 23.3 Å². The van der Waals surface area contributed by atoms with Gasteiger partial charge in [-0.15, -0.1) is 0 Å². The molecule has 0 unspecified atom stereocenters. The average molecular weight is 391 g/mol. The molecule has 0 saturated heterocycles. The maximum absolute atomic E-state index is 13.8. The summed E-state index contributed by atoms with van der Waals surface area (Å²) in [4.78, 5) is 25.5. The number of halogens is 1. The number of anilines is 1. The second-order valence-corrected chi connectivity index (χ2v) is 6.68. The number of aromatic nitrogens is 4. The van der Waals surface area contributed by atoms with Gasteiger partial charge in [0, 0.05) is 5.39 Å². The molecule has 146 valence electrons. The molecule has 2 aromatic carbocycles. The zero-order valence-electron chi connectivity index (χ0n) is 15.9. The number of amides is 1. The van der Waals surface area contributed by atoms with Crippen LogP contribution in [0.1, 0.15) is 11.3 Å². The van der Waals surface area contributed by atoms with E-state index < -0.39 is 17.3 Å². The van der Waals surface area contributed by atoms with E-state index in [4.69, 9.17) is 0 Å². The maximum Gasteiger partial charge on any atom is 0.293 e. The first-order valence-corrected chi connectivity index (χ1v) is 9.01. The first-order valence-electron chi connectivity index (χ1n) is 9.01. The Kier molecular flexibility index (Phi) is 4.67. The third-order valence-electron chi connectivity index (χ3n) is 4.65. The van der Waals surface area contributed by atoms with Crippen LogP contribution in [0.25, 0.3) is 16.6 Å². The van der Waals surface area contributed by atoms with Crippen molar-refractivity contribution in [1.29, 1.82) is 0 Å². The number of rotatable bonds is 4. The number of carbonyl (C=O) groups excluding carboxylic acids is 1. The molecule has 0 aliphatic heterocycles. The number of aryl methyl sites for hydroxylation is 2. The summed E-state index contributed by atoms with van der Waals surface area (Å²) in [5.41, 5.74) is 2.23. The molecule has 7 nitrogen and oxygen atoms in total. The second-order valence-electron chi connectivity index (χ2n) is 6.68. The van der Waals surface area contributed by atoms with Gasteiger partial charge in [-0.2, -0.15) is 10.2 Å². The molecule has 0 aliphatic rings. The highest BCUT2D eigenvalue weighted by Crippen LogP contribution is 2.19. The molecule has 8 heteroatoms. The van der Waals surface area contributed by atoms with E-state index in [2.05, 4.69) is 15.5 Å². The molecule has 2 heterocycles. The fourth-order valence-corrected chi connectivity index (χ4v) is 3.20. The number of nitrogens with one attached hydrogen (secondary N) is 1. The van der Waals surface area contributed by atoms with Gasteiger partial charge in [-0.25, -0.2) is 13.8 Å². The number of hydrogen-bond donors (Lipinski definition) is 1. The van der Waals surface area contributed by atoms with Crippen molar-refractivity contribution < 1.29 is 9.18 Å². The molecule has 4 rings (SSSR count). The monoisotopic (exact) mass is 391 g/mol. The van der Waals surface area contributed by atoms with E-state index in [9.17, 15) is 14.0 Å². The highest BCUT2D eigenvalue weighted by molar-refractivity contribution is 5.91. The van der Waals surface area contributed by atoms with Crippen LogP contribution in [0.4, 0.5) is 10.1 Å². The van der Waals surface area contributed by atoms with Gasteiger partial charge in [0.15, 0.2) is 0 Å². The normalized spacial score (nSPS) is 11.0. The quantitative estimate of drug-likeness (QED) is 0.580. The topological polar surface area (TPSA) is 81.8 Å². The van der Waals surface area contributed by atoms with Crippen LogP contribution >= 0.6 is 0 Å². The predicted molar refractivity (Wildman–Crippen MR) is 108 cm³/mol. The van der Waals surface area contributed by atoms with Crippen molar-refractivity contribution in [2.75, 3.05) is 5.32 Å². The molecule has 2 aromatic heterocycles. The summed E-state index contributed by atoms with van der Waals surface area (Å²) in [5.74, 6) is -1.10. The van der Waals surface area contributed by atoms with Gasteiger partial charge >= 0.3 is 0 Å². The average Bonchev–Trinajstić information content (AvgIpc) is 3.14. The largest absolute Gasteiger partial charge is 0.322 e. The van der Waals surface area contributed by atoms with Crippen LogP contribution in [0.15, 0.2) is 59.5 Å². The summed E-state index contributed by atoms with van der Waals surface area (Å²) in [6.45, 7) is 3.33. The Morgan fingerprint density at radius 1 is 1.10 bits per heavy atom. The van der Waals surface area contributed by atoms with Crippen molar-refractivity contribution in [1.82, 2.24) is 19.6 Å². The fraction of sp³-hybridized carbons (Fsp3) is 0.143. The van der Waals surface area contributed by atoms with E-state index in [-0.39, 0.29) is 12.2 Å². The lowest BCUT2D eigenvalue weighted by Crippen LogP contribution is -2.31. The molecule has 0 fully saturated rings. The first kappa shape index (κ1) is 18.5. The summed E-state index contributed by atoms with van der Waals surface area (Å²) in [6.07, 6.45) is 1.59. The van der Waals surface area contributed by atoms with Gasteiger partial charge in [-0.05, 0) is 37.6 Å². The number of para-hydroxylation sites is 2. The molecule has 0 aliphatic carbocycles. The molecule has 0 saturated carbocycles. The molecule has 1 amide bonds. The minimum atomic E-state index is -0.551. The smallest absolute Gasteiger partial charge is 0.293 e. The Hall–Kier alpha value is -3.81. The van der Waals surface area contributed by atoms with E-state index in [1.54, 1.807) is 23.9 Å². The zero-order chi connectivity index (χ0) is 20.5. The molecule has 29 heavy (non-hydrogen) atoms. The Morgan fingerprint density at radius 3 is 2.59 bits per heavy atom. The minimum absolute atomic E-state index is 0.0494. The first-order chi connectivity index (χ1) is 14.0. The van der Waals surface area contributed by atoms with Crippen molar-refractivity contribution in [3.8, 4) is 5.69 Å². The van der Waals surface area contributed by atoms with Gasteiger partial charge in [0.25, 0.3) is 5.56 Å².